The van der Waals surface area contributed by atoms with Gasteiger partial charge in [-0.15, -0.1) is 0 Å². The first-order chi connectivity index (χ1) is 11.5. The molecule has 0 unspecified atom stereocenters. The Bertz CT molecular complexity index is 525. The topological polar surface area (TPSA) is 67.1 Å². The molecule has 0 atom stereocenters. The summed E-state index contributed by atoms with van der Waals surface area (Å²) in [5.41, 5.74) is 1.39. The lowest BCUT2D eigenvalue weighted by Crippen LogP contribution is -3.27. The third kappa shape index (κ3) is 6.29. The zero-order valence-corrected chi connectivity index (χ0v) is 14.7. The van der Waals surface area contributed by atoms with Gasteiger partial charge in [-0.2, -0.15) is 0 Å². The van der Waals surface area contributed by atoms with Crippen molar-refractivity contribution in [3.05, 3.63) is 35.9 Å². The normalized spacial score (nSPS) is 20.6. The molecule has 0 aromatic heterocycles. The molecule has 0 radical (unpaired) electrons. The van der Waals surface area contributed by atoms with E-state index in [1.165, 1.54) is 10.5 Å². The van der Waals surface area contributed by atoms with Crippen LogP contribution in [0.3, 0.4) is 0 Å². The Kier molecular flexibility index (Phi) is 7.21. The van der Waals surface area contributed by atoms with Gasteiger partial charge in [-0.05, 0) is 13.8 Å². The molecule has 6 nitrogen and oxygen atoms in total. The number of hydrogen-bond acceptors (Lipinski definition) is 2. The Morgan fingerprint density at radius 3 is 2.25 bits per heavy atom. The van der Waals surface area contributed by atoms with Gasteiger partial charge in [-0.25, -0.2) is 0 Å². The molecular weight excluding hydrogens is 304 g/mol. The van der Waals surface area contributed by atoms with Crippen LogP contribution in [-0.4, -0.2) is 57.1 Å². The van der Waals surface area contributed by atoms with Crippen LogP contribution < -0.4 is 20.4 Å². The van der Waals surface area contributed by atoms with Crippen molar-refractivity contribution in [2.45, 2.75) is 26.4 Å². The molecule has 1 saturated heterocycles. The standard InChI is InChI=1S/C18H28N4O2/c1-15(2)20-18(24)17(23)19-8-9-21-10-12-22(13-11-21)14-16-6-4-3-5-7-16/h3-7,15H,8-14H2,1-2H3,(H,19,23)(H,20,24)/p+2. The fraction of sp³-hybridized carbons (Fsp3) is 0.556. The third-order valence-corrected chi connectivity index (χ3v) is 4.35. The van der Waals surface area contributed by atoms with Crippen LogP contribution >= 0.6 is 0 Å². The average molecular weight is 334 g/mol. The summed E-state index contributed by atoms with van der Waals surface area (Å²) in [7, 11) is 0. The van der Waals surface area contributed by atoms with Crippen molar-refractivity contribution in [3.8, 4) is 0 Å². The van der Waals surface area contributed by atoms with Crippen molar-refractivity contribution in [2.24, 2.45) is 0 Å². The van der Waals surface area contributed by atoms with Crippen molar-refractivity contribution in [1.29, 1.82) is 0 Å². The minimum atomic E-state index is -0.544. The first-order valence-corrected chi connectivity index (χ1v) is 8.84. The van der Waals surface area contributed by atoms with Gasteiger partial charge >= 0.3 is 11.8 Å². The highest BCUT2D eigenvalue weighted by molar-refractivity contribution is 6.35. The van der Waals surface area contributed by atoms with E-state index >= 15 is 0 Å². The quantitative estimate of drug-likeness (QED) is 0.439. The Balaban J connectivity index is 1.61. The SMILES string of the molecule is CC(C)NC(=O)C(=O)NCC[NH+]1CC[NH+](Cc2ccccc2)CC1. The van der Waals surface area contributed by atoms with Crippen LogP contribution in [0.4, 0.5) is 0 Å². The predicted octanol–water partition coefficient (Wildman–Crippen LogP) is -2.39. The summed E-state index contributed by atoms with van der Waals surface area (Å²) < 4.78 is 0. The van der Waals surface area contributed by atoms with Gasteiger partial charge in [0, 0.05) is 11.6 Å². The van der Waals surface area contributed by atoms with E-state index in [2.05, 4.69) is 41.0 Å². The zero-order chi connectivity index (χ0) is 17.4. The first-order valence-electron chi connectivity index (χ1n) is 8.84. The van der Waals surface area contributed by atoms with Crippen molar-refractivity contribution >= 4 is 11.8 Å². The van der Waals surface area contributed by atoms with Crippen molar-refractivity contribution in [3.63, 3.8) is 0 Å². The summed E-state index contributed by atoms with van der Waals surface area (Å²) in [6.45, 7) is 10.7. The van der Waals surface area contributed by atoms with E-state index < -0.39 is 11.8 Å². The number of quaternary nitrogens is 2. The number of rotatable bonds is 6. The maximum atomic E-state index is 11.6. The molecule has 1 aliphatic heterocycles. The molecule has 0 saturated carbocycles. The van der Waals surface area contributed by atoms with E-state index in [0.29, 0.717) is 6.54 Å². The Hall–Kier alpha value is -1.92. The van der Waals surface area contributed by atoms with Gasteiger partial charge in [0.05, 0.1) is 13.1 Å². The second-order valence-corrected chi connectivity index (χ2v) is 6.80. The van der Waals surface area contributed by atoms with Crippen LogP contribution in [0.5, 0.6) is 0 Å². The number of carbonyl (C=O) groups is 2. The molecule has 4 N–H and O–H groups in total. The third-order valence-electron chi connectivity index (χ3n) is 4.35. The van der Waals surface area contributed by atoms with E-state index in [1.54, 1.807) is 4.90 Å². The molecule has 1 aromatic carbocycles. The first kappa shape index (κ1) is 18.4. The minimum absolute atomic E-state index is 0.0189. The summed E-state index contributed by atoms with van der Waals surface area (Å²) in [6.07, 6.45) is 0. The fourth-order valence-electron chi connectivity index (χ4n) is 3.03. The van der Waals surface area contributed by atoms with Gasteiger partial charge in [0.1, 0.15) is 32.7 Å². The van der Waals surface area contributed by atoms with E-state index in [9.17, 15) is 9.59 Å². The van der Waals surface area contributed by atoms with E-state index in [0.717, 1.165) is 39.3 Å². The predicted molar refractivity (Wildman–Crippen MR) is 92.7 cm³/mol. The summed E-state index contributed by atoms with van der Waals surface area (Å²) >= 11 is 0. The van der Waals surface area contributed by atoms with Gasteiger partial charge in [0.15, 0.2) is 0 Å². The number of benzene rings is 1. The number of nitrogens with one attached hydrogen (secondary N) is 4. The molecule has 132 valence electrons. The smallest absolute Gasteiger partial charge is 0.309 e. The summed E-state index contributed by atoms with van der Waals surface area (Å²) in [5, 5.41) is 5.31. The molecule has 1 aromatic rings. The average Bonchev–Trinajstić information content (AvgIpc) is 2.56. The van der Waals surface area contributed by atoms with E-state index in [-0.39, 0.29) is 6.04 Å². The second kappa shape index (κ2) is 9.39. The van der Waals surface area contributed by atoms with Crippen LogP contribution in [0.25, 0.3) is 0 Å². The Morgan fingerprint density at radius 2 is 1.62 bits per heavy atom. The fourth-order valence-corrected chi connectivity index (χ4v) is 3.03. The Labute approximate surface area is 144 Å². The van der Waals surface area contributed by atoms with Gasteiger partial charge in [-0.1, -0.05) is 30.3 Å². The lowest BCUT2D eigenvalue weighted by Gasteiger charge is -2.29. The van der Waals surface area contributed by atoms with Crippen LogP contribution in [-0.2, 0) is 16.1 Å². The number of carbonyl (C=O) groups excluding carboxylic acids is 2. The Morgan fingerprint density at radius 1 is 1.00 bits per heavy atom. The second-order valence-electron chi connectivity index (χ2n) is 6.80. The molecule has 2 amide bonds. The monoisotopic (exact) mass is 334 g/mol. The maximum absolute atomic E-state index is 11.6. The summed E-state index contributed by atoms with van der Waals surface area (Å²) in [6, 6.07) is 10.6. The van der Waals surface area contributed by atoms with Gasteiger partial charge in [0.25, 0.3) is 0 Å². The molecule has 24 heavy (non-hydrogen) atoms. The lowest BCUT2D eigenvalue weighted by molar-refractivity contribution is -1.02. The van der Waals surface area contributed by atoms with Crippen molar-refractivity contribution in [2.75, 3.05) is 39.3 Å². The number of piperazine rings is 1. The molecule has 0 aliphatic carbocycles. The van der Waals surface area contributed by atoms with Gasteiger partial charge < -0.3 is 20.4 Å². The molecular formula is C18H30N4O2+2. The molecule has 1 heterocycles. The highest BCUT2D eigenvalue weighted by Crippen LogP contribution is 1.95. The van der Waals surface area contributed by atoms with E-state index in [4.69, 9.17) is 0 Å². The molecule has 1 aliphatic rings. The summed E-state index contributed by atoms with van der Waals surface area (Å²) in [5.74, 6) is -1.08. The highest BCUT2D eigenvalue weighted by Gasteiger charge is 2.23. The van der Waals surface area contributed by atoms with Crippen molar-refractivity contribution in [1.82, 2.24) is 10.6 Å². The van der Waals surface area contributed by atoms with Crippen molar-refractivity contribution < 1.29 is 19.4 Å². The molecule has 6 heteroatoms. The zero-order valence-electron chi connectivity index (χ0n) is 14.7. The molecule has 0 bridgehead atoms. The highest BCUT2D eigenvalue weighted by atomic mass is 16.2. The molecule has 1 fully saturated rings. The van der Waals surface area contributed by atoms with Gasteiger partial charge in [-0.3, -0.25) is 9.59 Å². The van der Waals surface area contributed by atoms with Gasteiger partial charge in [0.2, 0.25) is 0 Å². The number of hydrogen-bond donors (Lipinski definition) is 4. The van der Waals surface area contributed by atoms with Crippen LogP contribution in [0.2, 0.25) is 0 Å². The molecule has 0 spiro atoms. The van der Waals surface area contributed by atoms with Crippen LogP contribution in [0.15, 0.2) is 30.3 Å². The lowest BCUT2D eigenvalue weighted by atomic mass is 10.2. The van der Waals surface area contributed by atoms with Crippen LogP contribution in [0.1, 0.15) is 19.4 Å². The minimum Gasteiger partial charge on any atom is -0.346 e. The molecule has 2 rings (SSSR count). The largest absolute Gasteiger partial charge is 0.346 e. The van der Waals surface area contributed by atoms with Crippen LogP contribution in [0, 0.1) is 0 Å². The maximum Gasteiger partial charge on any atom is 0.309 e. The summed E-state index contributed by atoms with van der Waals surface area (Å²) in [4.78, 5) is 26.3. The van der Waals surface area contributed by atoms with E-state index in [1.807, 2.05) is 13.8 Å². The number of amides is 2.